The monoisotopic (exact) mass is 948 g/mol. The Morgan fingerprint density at radius 3 is 1.61 bits per heavy atom. The lowest BCUT2D eigenvalue weighted by Crippen LogP contribution is -2.64. The van der Waals surface area contributed by atoms with E-state index in [2.05, 4.69) is 31.6 Å². The van der Waals surface area contributed by atoms with E-state index in [0.717, 1.165) is 22.6 Å². The first kappa shape index (κ1) is 49.0. The number of nitrogens with zero attached hydrogens (tertiary/aromatic N) is 3. The predicted molar refractivity (Wildman–Crippen MR) is 212 cm³/mol. The van der Waals surface area contributed by atoms with Gasteiger partial charge in [0.15, 0.2) is 6.04 Å². The lowest BCUT2D eigenvalue weighted by Gasteiger charge is -2.39. The molecule has 0 bridgehead atoms. The first-order chi connectivity index (χ1) is 28.1. The molecule has 2 fully saturated rings. The van der Waals surface area contributed by atoms with Crippen molar-refractivity contribution < 1.29 is 53.5 Å². The van der Waals surface area contributed by atoms with E-state index in [1.807, 2.05) is 36.6 Å². The molecule has 4 N–H and O–H groups in total. The molecule has 0 saturated heterocycles. The molecule has 2 saturated carbocycles. The van der Waals surface area contributed by atoms with Gasteiger partial charge in [-0.2, -0.15) is 36.9 Å². The number of alkyl halides is 10. The summed E-state index contributed by atoms with van der Waals surface area (Å²) in [5, 5.41) is 22.6. The molecule has 0 heterocycles. The minimum absolute atomic E-state index is 0.225. The van der Waals surface area contributed by atoms with Crippen LogP contribution in [0, 0.1) is 22.7 Å². The number of halogens is 11. The van der Waals surface area contributed by atoms with Gasteiger partial charge in [0.1, 0.15) is 28.2 Å². The molecule has 3 atom stereocenters. The lowest BCUT2D eigenvalue weighted by molar-refractivity contribution is -0.178. The quantitative estimate of drug-likeness (QED) is 0.0834. The van der Waals surface area contributed by atoms with Gasteiger partial charge >= 0.3 is 12.4 Å². The van der Waals surface area contributed by atoms with E-state index >= 15 is 0 Å². The highest BCUT2D eigenvalue weighted by Crippen LogP contribution is 2.47. The topological polar surface area (TPSA) is 144 Å². The average Bonchev–Trinajstić information content (AvgIpc) is 4.10. The lowest BCUT2D eigenvalue weighted by atomic mass is 9.74. The highest BCUT2D eigenvalue weighted by Gasteiger charge is 2.61. The van der Waals surface area contributed by atoms with Crippen molar-refractivity contribution in [3.63, 3.8) is 0 Å². The van der Waals surface area contributed by atoms with Crippen LogP contribution in [-0.4, -0.2) is 64.6 Å². The molecular weight excluding hydrogens is 910 g/mol. The standard InChI is InChI=1S/C24H22F5N3OS.C17H17BrF5N3O/c1-22(25,26)13-19(21(33)32-23(14-30)11-12-23)31-20(24(27,28)29)17-5-3-15(4-6-17)16-7-9-18(34-2)10-8-16;1-14(19,20)8-16(25,13(27)26-15(9-24)6-7-15)12(17(21,22)23)10-2-4-11(18)5-3-10/h3-10,20H,11-13H2,1-2H3,(H,32,33);2-5,12H,6-8,25H2,1H3,(H,26,27)/t20-;12-,16+/m00/s1. The molecule has 5 rings (SSSR count). The Kier molecular flexibility index (Phi) is 14.7. The van der Waals surface area contributed by atoms with Crippen LogP contribution < -0.4 is 16.4 Å². The summed E-state index contributed by atoms with van der Waals surface area (Å²) < 4.78 is 139. The molecule has 61 heavy (non-hydrogen) atoms. The molecule has 0 aliphatic heterocycles. The van der Waals surface area contributed by atoms with Gasteiger partial charge in [-0.1, -0.05) is 64.5 Å². The fourth-order valence-corrected chi connectivity index (χ4v) is 6.95. The van der Waals surface area contributed by atoms with Crippen LogP contribution in [0.5, 0.6) is 0 Å². The number of aliphatic imine (C=N–C) groups is 1. The number of nitrogens with two attached hydrogens (primary N) is 1. The Bertz CT molecular complexity index is 2150. The second-order valence-electron chi connectivity index (χ2n) is 15.2. The van der Waals surface area contributed by atoms with Gasteiger partial charge in [0.05, 0.1) is 18.6 Å². The number of rotatable bonds is 14. The van der Waals surface area contributed by atoms with Crippen molar-refractivity contribution in [2.75, 3.05) is 6.26 Å². The predicted octanol–water partition coefficient (Wildman–Crippen LogP) is 10.3. The van der Waals surface area contributed by atoms with Crippen LogP contribution in [0.3, 0.4) is 0 Å². The highest BCUT2D eigenvalue weighted by molar-refractivity contribution is 9.10. The third kappa shape index (κ3) is 13.4. The van der Waals surface area contributed by atoms with Crippen LogP contribution in [0.2, 0.25) is 0 Å². The molecule has 3 aromatic carbocycles. The third-order valence-electron chi connectivity index (χ3n) is 9.69. The van der Waals surface area contributed by atoms with E-state index in [1.54, 1.807) is 17.8 Å². The van der Waals surface area contributed by atoms with Crippen molar-refractivity contribution in [2.24, 2.45) is 10.7 Å². The van der Waals surface area contributed by atoms with Gasteiger partial charge < -0.3 is 16.4 Å². The van der Waals surface area contributed by atoms with E-state index in [0.29, 0.717) is 36.7 Å². The van der Waals surface area contributed by atoms with E-state index in [9.17, 15) is 53.5 Å². The number of benzene rings is 3. The van der Waals surface area contributed by atoms with Crippen LogP contribution in [-0.2, 0) is 9.59 Å². The maximum atomic E-state index is 13.9. The third-order valence-corrected chi connectivity index (χ3v) is 11.0. The normalized spacial score (nSPS) is 17.8. The first-order valence-electron chi connectivity index (χ1n) is 18.3. The van der Waals surface area contributed by atoms with E-state index in [4.69, 9.17) is 16.3 Å². The van der Waals surface area contributed by atoms with Crippen molar-refractivity contribution in [1.29, 1.82) is 10.5 Å². The zero-order valence-corrected chi connectivity index (χ0v) is 35.0. The molecule has 2 aliphatic rings. The van der Waals surface area contributed by atoms with E-state index in [-0.39, 0.29) is 18.4 Å². The Morgan fingerprint density at radius 1 is 0.754 bits per heavy atom. The minimum Gasteiger partial charge on any atom is -0.336 e. The second-order valence-corrected chi connectivity index (χ2v) is 17.0. The largest absolute Gasteiger partial charge is 0.414 e. The van der Waals surface area contributed by atoms with Crippen LogP contribution in [0.4, 0.5) is 43.9 Å². The summed E-state index contributed by atoms with van der Waals surface area (Å²) in [6.45, 7) is 0.890. The fraction of sp³-hybridized carbons (Fsp3) is 0.439. The maximum absolute atomic E-state index is 13.9. The minimum atomic E-state index is -5.07. The molecular formula is C41H39BrF10N6O2S. The zero-order valence-electron chi connectivity index (χ0n) is 32.6. The van der Waals surface area contributed by atoms with Gasteiger partial charge in [-0.05, 0) is 92.3 Å². The number of carbonyl (C=O) groups is 2. The molecule has 20 heteroatoms. The molecule has 0 unspecified atom stereocenters. The number of hydrogen-bond donors (Lipinski definition) is 3. The number of thioether (sulfide) groups is 1. The summed E-state index contributed by atoms with van der Waals surface area (Å²) >= 11 is 4.64. The van der Waals surface area contributed by atoms with Crippen LogP contribution >= 0.6 is 27.7 Å². The van der Waals surface area contributed by atoms with Gasteiger partial charge in [-0.15, -0.1) is 11.8 Å². The Hall–Kier alpha value is -4.66. The van der Waals surface area contributed by atoms with Gasteiger partial charge in [0.25, 0.3) is 11.8 Å². The Morgan fingerprint density at radius 2 is 1.21 bits per heavy atom. The SMILES string of the molecule is CC(F)(F)C[C@](N)(C(=O)NC1(C#N)CC1)[C@H](c1ccc(Br)cc1)C(F)(F)F.CSc1ccc(-c2ccc([C@H](N=C(CC(C)(F)F)C(=O)NC3(C#N)CC3)C(F)(F)F)cc2)cc1. The van der Waals surface area contributed by atoms with Crippen LogP contribution in [0.25, 0.3) is 11.1 Å². The maximum Gasteiger partial charge on any atom is 0.414 e. The first-order valence-corrected chi connectivity index (χ1v) is 20.3. The zero-order chi connectivity index (χ0) is 45.8. The number of hydrogen-bond acceptors (Lipinski definition) is 7. The fourth-order valence-electron chi connectivity index (χ4n) is 6.28. The van der Waals surface area contributed by atoms with Crippen molar-refractivity contribution in [3.8, 4) is 23.3 Å². The highest BCUT2D eigenvalue weighted by atomic mass is 79.9. The number of amides is 2. The summed E-state index contributed by atoms with van der Waals surface area (Å²) in [6, 6.07) is 18.7. The smallest absolute Gasteiger partial charge is 0.336 e. The molecule has 0 radical (unpaired) electrons. The summed E-state index contributed by atoms with van der Waals surface area (Å²) in [5.74, 6) is -12.4. The van der Waals surface area contributed by atoms with Crippen molar-refractivity contribution >= 4 is 45.2 Å². The van der Waals surface area contributed by atoms with E-state index in [1.165, 1.54) is 36.4 Å². The van der Waals surface area contributed by atoms with Gasteiger partial charge in [-0.25, -0.2) is 17.6 Å². The van der Waals surface area contributed by atoms with Crippen molar-refractivity contribution in [3.05, 3.63) is 88.4 Å². The summed E-state index contributed by atoms with van der Waals surface area (Å²) in [7, 11) is 0. The summed E-state index contributed by atoms with van der Waals surface area (Å²) in [5.41, 5.74) is 0.00913. The van der Waals surface area contributed by atoms with Crippen LogP contribution in [0.15, 0.2) is 87.2 Å². The van der Waals surface area contributed by atoms with Crippen molar-refractivity contribution in [1.82, 2.24) is 10.6 Å². The summed E-state index contributed by atoms with van der Waals surface area (Å²) in [4.78, 5) is 29.7. The number of nitrogens with one attached hydrogen (secondary N) is 2. The van der Waals surface area contributed by atoms with E-state index < -0.39 is 88.7 Å². The average molecular weight is 950 g/mol. The summed E-state index contributed by atoms with van der Waals surface area (Å²) in [6.07, 6.45) is -9.85. The van der Waals surface area contributed by atoms with Gasteiger partial charge in [-0.3, -0.25) is 14.6 Å². The molecule has 2 aliphatic carbocycles. The molecule has 328 valence electrons. The molecule has 2 amide bonds. The van der Waals surface area contributed by atoms with Gasteiger partial charge in [0, 0.05) is 15.8 Å². The molecule has 8 nitrogen and oxygen atoms in total. The molecule has 0 aromatic heterocycles. The Labute approximate surface area is 357 Å². The van der Waals surface area contributed by atoms with Gasteiger partial charge in [0.2, 0.25) is 11.8 Å². The second kappa shape index (κ2) is 18.4. The van der Waals surface area contributed by atoms with Crippen LogP contribution in [0.1, 0.15) is 75.5 Å². The molecule has 3 aromatic rings. The molecule has 0 spiro atoms. The Balaban J connectivity index is 0.000000276. The number of nitriles is 2. The van der Waals surface area contributed by atoms with Crippen molar-refractivity contribution in [2.45, 2.75) is 110 Å². The number of carbonyl (C=O) groups excluding carboxylic acids is 2.